The summed E-state index contributed by atoms with van der Waals surface area (Å²) in [7, 11) is 0. The van der Waals surface area contributed by atoms with Gasteiger partial charge < -0.3 is 14.5 Å². The van der Waals surface area contributed by atoms with Crippen molar-refractivity contribution in [2.45, 2.75) is 47.1 Å². The maximum Gasteiger partial charge on any atom is 0.360 e. The maximum atomic E-state index is 14.1. The molecule has 0 atom stereocenters. The van der Waals surface area contributed by atoms with Crippen LogP contribution in [0.1, 0.15) is 66.1 Å². The lowest BCUT2D eigenvalue weighted by Crippen LogP contribution is -2.33. The van der Waals surface area contributed by atoms with Gasteiger partial charge in [-0.05, 0) is 76.9 Å². The van der Waals surface area contributed by atoms with Crippen LogP contribution < -0.4 is 9.80 Å². The van der Waals surface area contributed by atoms with E-state index in [9.17, 15) is 4.79 Å². The number of hydrogen-bond donors (Lipinski definition) is 0. The average Bonchev–Trinajstić information content (AvgIpc) is 3.37. The van der Waals surface area contributed by atoms with Gasteiger partial charge in [0.25, 0.3) is 0 Å². The third-order valence-electron chi connectivity index (χ3n) is 9.20. The number of hydrogen-bond acceptors (Lipinski definition) is 6. The quantitative estimate of drug-likeness (QED) is 0.148. The van der Waals surface area contributed by atoms with E-state index in [-0.39, 0.29) is 5.69 Å². The summed E-state index contributed by atoms with van der Waals surface area (Å²) in [5, 5.41) is 0. The van der Waals surface area contributed by atoms with Crippen molar-refractivity contribution in [2.75, 3.05) is 36.0 Å². The number of carbonyl (C=O) groups is 1. The fraction of sp³-hybridized carbons (Fsp3) is 0.275. The van der Waals surface area contributed by atoms with Crippen LogP contribution in [-0.4, -0.2) is 42.1 Å². The molecule has 6 rings (SSSR count). The molecule has 1 aliphatic rings. The van der Waals surface area contributed by atoms with Crippen molar-refractivity contribution >= 4 is 17.3 Å². The largest absolute Gasteiger partial charge is 0.438 e. The Balaban J connectivity index is 1.67. The molecule has 0 bridgehead atoms. The second-order valence-electron chi connectivity index (χ2n) is 11.8. The smallest absolute Gasteiger partial charge is 0.360 e. The van der Waals surface area contributed by atoms with Crippen LogP contribution in [0, 0.1) is 13.8 Å². The van der Waals surface area contributed by atoms with E-state index in [1.807, 2.05) is 60.7 Å². The fourth-order valence-corrected chi connectivity index (χ4v) is 6.82. The first-order valence-electron chi connectivity index (χ1n) is 16.3. The van der Waals surface area contributed by atoms with Crippen LogP contribution in [0.3, 0.4) is 0 Å². The zero-order valence-corrected chi connectivity index (χ0v) is 27.7. The number of benzene rings is 4. The van der Waals surface area contributed by atoms with Crippen molar-refractivity contribution < 1.29 is 9.53 Å². The Morgan fingerprint density at radius 3 is 1.43 bits per heavy atom. The molecule has 6 heteroatoms. The predicted molar refractivity (Wildman–Crippen MR) is 188 cm³/mol. The number of cyclic esters (lactones) is 1. The number of ether oxygens (including phenoxy) is 1. The molecular weight excluding hydrogens is 568 g/mol. The highest BCUT2D eigenvalue weighted by Crippen LogP contribution is 2.50. The lowest BCUT2D eigenvalue weighted by atomic mass is 9.79. The minimum absolute atomic E-state index is 0.248. The monoisotopic (exact) mass is 610 g/mol. The first-order chi connectivity index (χ1) is 22.4. The molecule has 0 spiro atoms. The first kappa shape index (κ1) is 31.0. The topological polar surface area (TPSA) is 58.6 Å². The summed E-state index contributed by atoms with van der Waals surface area (Å²) in [5.74, 6) is -0.473. The number of aromatic nitrogens is 2. The minimum Gasteiger partial charge on any atom is -0.438 e. The van der Waals surface area contributed by atoms with E-state index >= 15 is 0 Å². The maximum absolute atomic E-state index is 14.1. The standard InChI is InChI=1S/C40H42N4O2/c1-7-43(8-2)31-21-23-33(27(5)25-31)40(34-24-22-32(26-28(34)6)44(9-3)10-4)38-37(39(45)46-40)41-35(29-17-13-11-14-18-29)36(42-38)30-19-15-12-16-20-30/h11-26H,7-10H2,1-6H3. The van der Waals surface area contributed by atoms with E-state index in [4.69, 9.17) is 14.7 Å². The van der Waals surface area contributed by atoms with E-state index in [1.165, 1.54) is 0 Å². The summed E-state index contributed by atoms with van der Waals surface area (Å²) in [5.41, 5.74) is 8.74. The lowest BCUT2D eigenvalue weighted by Gasteiger charge is -2.33. The van der Waals surface area contributed by atoms with Crippen molar-refractivity contribution in [1.29, 1.82) is 0 Å². The molecule has 6 nitrogen and oxygen atoms in total. The highest BCUT2D eigenvalue weighted by Gasteiger charge is 2.53. The number of carbonyl (C=O) groups excluding carboxylic acids is 1. The Bertz CT molecular complexity index is 1800. The Morgan fingerprint density at radius 1 is 0.587 bits per heavy atom. The number of aryl methyl sites for hydroxylation is 2. The molecule has 234 valence electrons. The summed E-state index contributed by atoms with van der Waals surface area (Å²) in [6, 6.07) is 32.9. The molecule has 2 heterocycles. The molecule has 0 fully saturated rings. The van der Waals surface area contributed by atoms with Crippen LogP contribution in [0.2, 0.25) is 0 Å². The normalized spacial score (nSPS) is 13.3. The molecule has 0 saturated carbocycles. The Kier molecular flexibility index (Phi) is 8.63. The number of esters is 1. The van der Waals surface area contributed by atoms with Crippen molar-refractivity contribution in [3.8, 4) is 22.5 Å². The Morgan fingerprint density at radius 2 is 1.02 bits per heavy atom. The van der Waals surface area contributed by atoms with Crippen molar-refractivity contribution in [1.82, 2.24) is 9.97 Å². The Labute approximate surface area is 272 Å². The van der Waals surface area contributed by atoms with Gasteiger partial charge in [-0.1, -0.05) is 72.8 Å². The molecular formula is C40H42N4O2. The van der Waals surface area contributed by atoms with Gasteiger partial charge >= 0.3 is 5.97 Å². The van der Waals surface area contributed by atoms with Gasteiger partial charge in [0.1, 0.15) is 5.69 Å². The van der Waals surface area contributed by atoms with Gasteiger partial charge in [0.2, 0.25) is 5.60 Å². The molecule has 4 aromatic carbocycles. The van der Waals surface area contributed by atoms with Crippen LogP contribution >= 0.6 is 0 Å². The summed E-state index contributed by atoms with van der Waals surface area (Å²) in [4.78, 5) is 29.2. The number of anilines is 2. The summed E-state index contributed by atoms with van der Waals surface area (Å²) in [6.07, 6.45) is 0. The van der Waals surface area contributed by atoms with Gasteiger partial charge in [0, 0.05) is 59.8 Å². The molecule has 0 aliphatic carbocycles. The van der Waals surface area contributed by atoms with Crippen LogP contribution in [0.25, 0.3) is 22.5 Å². The number of nitrogens with zero attached hydrogens (tertiary/aromatic N) is 4. The highest BCUT2D eigenvalue weighted by molar-refractivity contribution is 5.96. The molecule has 0 unspecified atom stereocenters. The third-order valence-corrected chi connectivity index (χ3v) is 9.20. The minimum atomic E-state index is -1.28. The second-order valence-corrected chi connectivity index (χ2v) is 11.8. The molecule has 1 aromatic heterocycles. The predicted octanol–water partition coefficient (Wildman–Crippen LogP) is 8.58. The van der Waals surface area contributed by atoms with E-state index < -0.39 is 11.6 Å². The summed E-state index contributed by atoms with van der Waals surface area (Å²) in [6.45, 7) is 16.4. The van der Waals surface area contributed by atoms with Gasteiger partial charge in [0.05, 0.1) is 11.4 Å². The van der Waals surface area contributed by atoms with E-state index in [1.54, 1.807) is 0 Å². The number of rotatable bonds is 10. The van der Waals surface area contributed by atoms with E-state index in [0.29, 0.717) is 17.1 Å². The molecule has 0 radical (unpaired) electrons. The van der Waals surface area contributed by atoms with Gasteiger partial charge in [-0.15, -0.1) is 0 Å². The van der Waals surface area contributed by atoms with Crippen molar-refractivity contribution in [3.05, 3.63) is 131 Å². The Hall–Kier alpha value is -4.97. The first-order valence-corrected chi connectivity index (χ1v) is 16.3. The highest BCUT2D eigenvalue weighted by atomic mass is 16.6. The number of fused-ring (bicyclic) bond motifs is 1. The average molecular weight is 611 g/mol. The molecule has 46 heavy (non-hydrogen) atoms. The molecule has 5 aromatic rings. The van der Waals surface area contributed by atoms with E-state index in [2.05, 4.69) is 87.7 Å². The van der Waals surface area contributed by atoms with Gasteiger partial charge in [0.15, 0.2) is 5.69 Å². The van der Waals surface area contributed by atoms with Crippen LogP contribution in [0.5, 0.6) is 0 Å². The molecule has 0 N–H and O–H groups in total. The zero-order valence-electron chi connectivity index (χ0n) is 27.7. The summed E-state index contributed by atoms with van der Waals surface area (Å²) >= 11 is 0. The third kappa shape index (κ3) is 5.22. The van der Waals surface area contributed by atoms with E-state index in [0.717, 1.165) is 70.9 Å². The molecule has 0 saturated heterocycles. The summed E-state index contributed by atoms with van der Waals surface area (Å²) < 4.78 is 6.65. The van der Waals surface area contributed by atoms with Crippen molar-refractivity contribution in [2.24, 2.45) is 0 Å². The van der Waals surface area contributed by atoms with Crippen LogP contribution in [-0.2, 0) is 10.3 Å². The van der Waals surface area contributed by atoms with Crippen molar-refractivity contribution in [3.63, 3.8) is 0 Å². The second kappa shape index (κ2) is 12.8. The van der Waals surface area contributed by atoms with Gasteiger partial charge in [-0.25, -0.2) is 14.8 Å². The molecule has 1 aliphatic heterocycles. The van der Waals surface area contributed by atoms with Gasteiger partial charge in [-0.2, -0.15) is 0 Å². The van der Waals surface area contributed by atoms with Crippen LogP contribution in [0.4, 0.5) is 11.4 Å². The van der Waals surface area contributed by atoms with Crippen LogP contribution in [0.15, 0.2) is 97.1 Å². The lowest BCUT2D eigenvalue weighted by molar-refractivity contribution is 0.0238. The van der Waals surface area contributed by atoms with Gasteiger partial charge in [-0.3, -0.25) is 0 Å². The zero-order chi connectivity index (χ0) is 32.4. The fourth-order valence-electron chi connectivity index (χ4n) is 6.82. The molecule has 0 amide bonds. The SMILES string of the molecule is CCN(CC)c1ccc(C2(c3ccc(N(CC)CC)cc3C)OC(=O)c3nc(-c4ccccc4)c(-c4ccccc4)nc32)c(C)c1.